The summed E-state index contributed by atoms with van der Waals surface area (Å²) in [5.74, 6) is -0.664. The normalized spacial score (nSPS) is 19.5. The number of alkyl halides is 3. The zero-order valence-electron chi connectivity index (χ0n) is 10.7. The molecule has 0 bridgehead atoms. The minimum atomic E-state index is -4.51. The summed E-state index contributed by atoms with van der Waals surface area (Å²) in [4.78, 5) is 18.9. The van der Waals surface area contributed by atoms with E-state index in [9.17, 15) is 22.4 Å². The molecule has 0 saturated carbocycles. The Balaban J connectivity index is 1.96. The third-order valence-electron chi connectivity index (χ3n) is 2.74. The number of carbonyl (C=O) groups is 1. The molecule has 1 atom stereocenters. The SMILES string of the molecule is O=C(Nc1ccnc(OCC(F)(F)F)n1)[C@@H]1CCCN1F. The molecule has 116 valence electrons. The molecular formula is C11H12F4N4O2. The third kappa shape index (κ3) is 4.52. The van der Waals surface area contributed by atoms with Crippen LogP contribution in [0.1, 0.15) is 12.8 Å². The van der Waals surface area contributed by atoms with Crippen molar-refractivity contribution in [2.75, 3.05) is 18.5 Å². The second kappa shape index (κ2) is 6.20. The van der Waals surface area contributed by atoms with Gasteiger partial charge < -0.3 is 10.1 Å². The number of hydrogen-bond donors (Lipinski definition) is 1. The van der Waals surface area contributed by atoms with Gasteiger partial charge in [-0.3, -0.25) is 4.79 Å². The summed E-state index contributed by atoms with van der Waals surface area (Å²) >= 11 is 0. The van der Waals surface area contributed by atoms with Gasteiger partial charge in [-0.05, 0) is 18.9 Å². The van der Waals surface area contributed by atoms with Crippen LogP contribution in [-0.4, -0.2) is 46.4 Å². The molecule has 1 aliphatic rings. The first-order valence-corrected chi connectivity index (χ1v) is 6.11. The highest BCUT2D eigenvalue weighted by molar-refractivity contribution is 5.94. The van der Waals surface area contributed by atoms with Crippen molar-refractivity contribution in [1.29, 1.82) is 0 Å². The lowest BCUT2D eigenvalue weighted by atomic mass is 10.2. The van der Waals surface area contributed by atoms with Crippen LogP contribution in [0, 0.1) is 0 Å². The molecule has 1 aromatic heterocycles. The molecule has 2 rings (SSSR count). The second-order valence-electron chi connectivity index (χ2n) is 4.40. The van der Waals surface area contributed by atoms with E-state index < -0.39 is 30.7 Å². The van der Waals surface area contributed by atoms with Crippen molar-refractivity contribution in [3.63, 3.8) is 0 Å². The standard InChI is InChI=1S/C11H12F4N4O2/c12-11(13,14)6-21-10-16-4-3-8(18-10)17-9(20)7-2-1-5-19(7)15/h3-4,7H,1-2,5-6H2,(H,16,17,18,20)/t7-/m0/s1. The molecule has 0 spiro atoms. The van der Waals surface area contributed by atoms with Crippen LogP contribution in [0.3, 0.4) is 0 Å². The largest absolute Gasteiger partial charge is 0.454 e. The van der Waals surface area contributed by atoms with Gasteiger partial charge >= 0.3 is 12.2 Å². The molecule has 10 heteroatoms. The van der Waals surface area contributed by atoms with Gasteiger partial charge in [0.05, 0.1) is 0 Å². The number of halogens is 4. The summed E-state index contributed by atoms with van der Waals surface area (Å²) in [6, 6.07) is -0.163. The molecule has 0 radical (unpaired) electrons. The van der Waals surface area contributed by atoms with Gasteiger partial charge in [-0.2, -0.15) is 18.2 Å². The van der Waals surface area contributed by atoms with E-state index in [0.717, 1.165) is 6.20 Å². The van der Waals surface area contributed by atoms with E-state index in [2.05, 4.69) is 20.0 Å². The van der Waals surface area contributed by atoms with Gasteiger partial charge in [0.15, 0.2) is 6.61 Å². The zero-order chi connectivity index (χ0) is 15.5. The smallest absolute Gasteiger partial charge is 0.422 e. The van der Waals surface area contributed by atoms with Crippen molar-refractivity contribution in [3.8, 4) is 6.01 Å². The summed E-state index contributed by atoms with van der Waals surface area (Å²) < 4.78 is 53.6. The first-order chi connectivity index (χ1) is 9.85. The number of nitrogens with zero attached hydrogens (tertiary/aromatic N) is 3. The topological polar surface area (TPSA) is 67.3 Å². The average molecular weight is 308 g/mol. The predicted octanol–water partition coefficient (Wildman–Crippen LogP) is 1.71. The Morgan fingerprint density at radius 3 is 2.90 bits per heavy atom. The fourth-order valence-electron chi connectivity index (χ4n) is 1.83. The van der Waals surface area contributed by atoms with E-state index in [1.807, 2.05) is 0 Å². The van der Waals surface area contributed by atoms with Gasteiger partial charge in [0.25, 0.3) is 0 Å². The molecule has 2 heterocycles. The van der Waals surface area contributed by atoms with Crippen molar-refractivity contribution in [2.45, 2.75) is 25.1 Å². The van der Waals surface area contributed by atoms with Crippen LogP contribution in [0.25, 0.3) is 0 Å². The van der Waals surface area contributed by atoms with Crippen LogP contribution < -0.4 is 10.1 Å². The van der Waals surface area contributed by atoms with Crippen molar-refractivity contribution in [3.05, 3.63) is 12.3 Å². The van der Waals surface area contributed by atoms with E-state index >= 15 is 0 Å². The molecular weight excluding hydrogens is 296 g/mol. The highest BCUT2D eigenvalue weighted by atomic mass is 19.4. The molecule has 0 unspecified atom stereocenters. The molecule has 0 aromatic carbocycles. The molecule has 0 aliphatic carbocycles. The molecule has 6 nitrogen and oxygen atoms in total. The van der Waals surface area contributed by atoms with Gasteiger partial charge in [0.1, 0.15) is 11.9 Å². The van der Waals surface area contributed by atoms with Crippen molar-refractivity contribution >= 4 is 11.7 Å². The van der Waals surface area contributed by atoms with Crippen LogP contribution in [0.15, 0.2) is 12.3 Å². The Hall–Kier alpha value is -1.97. The fraction of sp³-hybridized carbons (Fsp3) is 0.545. The fourth-order valence-corrected chi connectivity index (χ4v) is 1.83. The first-order valence-electron chi connectivity index (χ1n) is 6.11. The van der Waals surface area contributed by atoms with E-state index in [1.165, 1.54) is 6.07 Å². The van der Waals surface area contributed by atoms with Crippen LogP contribution >= 0.6 is 0 Å². The number of nitrogens with one attached hydrogen (secondary N) is 1. The van der Waals surface area contributed by atoms with E-state index in [4.69, 9.17) is 0 Å². The summed E-state index contributed by atoms with van der Waals surface area (Å²) in [7, 11) is 0. The lowest BCUT2D eigenvalue weighted by Gasteiger charge is -2.14. The maximum atomic E-state index is 13.3. The van der Waals surface area contributed by atoms with Gasteiger partial charge in [0.2, 0.25) is 5.91 Å². The van der Waals surface area contributed by atoms with Crippen molar-refractivity contribution < 1.29 is 27.2 Å². The van der Waals surface area contributed by atoms with Crippen LogP contribution in [0.4, 0.5) is 23.5 Å². The Bertz CT molecular complexity index is 511. The lowest BCUT2D eigenvalue weighted by molar-refractivity contribution is -0.154. The summed E-state index contributed by atoms with van der Waals surface area (Å²) in [6.07, 6.45) is -2.46. The predicted molar refractivity (Wildman–Crippen MR) is 63.0 cm³/mol. The van der Waals surface area contributed by atoms with Crippen molar-refractivity contribution in [2.24, 2.45) is 0 Å². The molecule has 1 aromatic rings. The number of carbonyl (C=O) groups excluding carboxylic acids is 1. The number of ether oxygens (including phenoxy) is 1. The minimum Gasteiger partial charge on any atom is -0.454 e. The highest BCUT2D eigenvalue weighted by Gasteiger charge is 2.31. The third-order valence-corrected chi connectivity index (χ3v) is 2.74. The Labute approximate surface area is 117 Å². The molecule has 1 fully saturated rings. The average Bonchev–Trinajstić information content (AvgIpc) is 2.82. The molecule has 1 saturated heterocycles. The Morgan fingerprint density at radius 2 is 2.29 bits per heavy atom. The molecule has 1 aliphatic heterocycles. The first kappa shape index (κ1) is 15.4. The maximum Gasteiger partial charge on any atom is 0.422 e. The summed E-state index contributed by atoms with van der Waals surface area (Å²) in [6.45, 7) is -1.37. The number of amides is 1. The van der Waals surface area contributed by atoms with Crippen LogP contribution in [0.2, 0.25) is 0 Å². The van der Waals surface area contributed by atoms with Gasteiger partial charge in [0, 0.05) is 12.7 Å². The Morgan fingerprint density at radius 1 is 1.52 bits per heavy atom. The van der Waals surface area contributed by atoms with E-state index in [0.29, 0.717) is 18.0 Å². The Kier molecular flexibility index (Phi) is 4.56. The van der Waals surface area contributed by atoms with E-state index in [-0.39, 0.29) is 12.4 Å². The number of rotatable bonds is 4. The lowest BCUT2D eigenvalue weighted by Crippen LogP contribution is -2.35. The number of hydrogen-bond acceptors (Lipinski definition) is 5. The minimum absolute atomic E-state index is 0.0486. The summed E-state index contributed by atoms with van der Waals surface area (Å²) in [5, 5.41) is 2.73. The summed E-state index contributed by atoms with van der Waals surface area (Å²) in [5.41, 5.74) is 0. The van der Waals surface area contributed by atoms with E-state index in [1.54, 1.807) is 0 Å². The van der Waals surface area contributed by atoms with Crippen LogP contribution in [-0.2, 0) is 4.79 Å². The van der Waals surface area contributed by atoms with Gasteiger partial charge in [-0.25, -0.2) is 4.98 Å². The number of aromatic nitrogens is 2. The number of anilines is 1. The molecule has 1 N–H and O–H groups in total. The van der Waals surface area contributed by atoms with Gasteiger partial charge in [-0.15, -0.1) is 9.60 Å². The monoisotopic (exact) mass is 308 g/mol. The van der Waals surface area contributed by atoms with Gasteiger partial charge in [-0.1, -0.05) is 0 Å². The molecule has 21 heavy (non-hydrogen) atoms. The maximum absolute atomic E-state index is 13.3. The van der Waals surface area contributed by atoms with Crippen molar-refractivity contribution in [1.82, 2.24) is 15.1 Å². The molecule has 1 amide bonds. The zero-order valence-corrected chi connectivity index (χ0v) is 10.7. The second-order valence-corrected chi connectivity index (χ2v) is 4.40. The van der Waals surface area contributed by atoms with Crippen LogP contribution in [0.5, 0.6) is 6.01 Å². The highest BCUT2D eigenvalue weighted by Crippen LogP contribution is 2.20. The quantitative estimate of drug-likeness (QED) is 0.677.